The van der Waals surface area contributed by atoms with E-state index in [9.17, 15) is 19.3 Å². The SMILES string of the molecule is COCC1CCN(C(=O)c2ccc(F)c([N+](=O)[O-])c2)CC1. The Morgan fingerprint density at radius 2 is 2.14 bits per heavy atom. The molecule has 0 unspecified atom stereocenters. The summed E-state index contributed by atoms with van der Waals surface area (Å²) in [7, 11) is 1.65. The Bertz CT molecular complexity index is 542. The van der Waals surface area contributed by atoms with E-state index in [2.05, 4.69) is 0 Å². The first kappa shape index (κ1) is 15.4. The van der Waals surface area contributed by atoms with Crippen LogP contribution in [0.3, 0.4) is 0 Å². The summed E-state index contributed by atoms with van der Waals surface area (Å²) >= 11 is 0. The number of ether oxygens (including phenoxy) is 1. The zero-order chi connectivity index (χ0) is 15.4. The summed E-state index contributed by atoms with van der Waals surface area (Å²) in [6.07, 6.45) is 1.67. The zero-order valence-electron chi connectivity index (χ0n) is 11.8. The van der Waals surface area contributed by atoms with Crippen molar-refractivity contribution >= 4 is 11.6 Å². The number of likely N-dealkylation sites (tertiary alicyclic amines) is 1. The number of carbonyl (C=O) groups excluding carboxylic acids is 1. The van der Waals surface area contributed by atoms with Crippen molar-refractivity contribution in [2.75, 3.05) is 26.8 Å². The van der Waals surface area contributed by atoms with Gasteiger partial charge in [-0.2, -0.15) is 4.39 Å². The molecule has 0 radical (unpaired) electrons. The van der Waals surface area contributed by atoms with Gasteiger partial charge in [-0.25, -0.2) is 0 Å². The lowest BCUT2D eigenvalue weighted by Crippen LogP contribution is -2.39. The van der Waals surface area contributed by atoms with Crippen LogP contribution in [0, 0.1) is 21.8 Å². The molecule has 1 aliphatic rings. The van der Waals surface area contributed by atoms with Crippen LogP contribution in [0.5, 0.6) is 0 Å². The molecule has 2 rings (SSSR count). The molecule has 1 saturated heterocycles. The summed E-state index contributed by atoms with van der Waals surface area (Å²) in [4.78, 5) is 23.8. The average molecular weight is 296 g/mol. The van der Waals surface area contributed by atoms with Crippen LogP contribution in [-0.4, -0.2) is 42.5 Å². The highest BCUT2D eigenvalue weighted by molar-refractivity contribution is 5.94. The van der Waals surface area contributed by atoms with Gasteiger partial charge in [0.05, 0.1) is 4.92 Å². The van der Waals surface area contributed by atoms with Gasteiger partial charge in [0.15, 0.2) is 0 Å². The molecule has 0 N–H and O–H groups in total. The first-order valence-electron chi connectivity index (χ1n) is 6.75. The van der Waals surface area contributed by atoms with Crippen molar-refractivity contribution in [2.45, 2.75) is 12.8 Å². The maximum Gasteiger partial charge on any atom is 0.305 e. The van der Waals surface area contributed by atoms with E-state index in [1.807, 2.05) is 0 Å². The number of piperidine rings is 1. The molecule has 0 saturated carbocycles. The van der Waals surface area contributed by atoms with Gasteiger partial charge in [-0.1, -0.05) is 0 Å². The van der Waals surface area contributed by atoms with Gasteiger partial charge in [0.25, 0.3) is 5.91 Å². The van der Waals surface area contributed by atoms with Crippen LogP contribution in [-0.2, 0) is 4.74 Å². The topological polar surface area (TPSA) is 72.7 Å². The van der Waals surface area contributed by atoms with E-state index < -0.39 is 16.4 Å². The van der Waals surface area contributed by atoms with Crippen molar-refractivity contribution in [3.63, 3.8) is 0 Å². The van der Waals surface area contributed by atoms with Crippen LogP contribution in [0.1, 0.15) is 23.2 Å². The quantitative estimate of drug-likeness (QED) is 0.631. The predicted octanol–water partition coefficient (Wildman–Crippen LogP) is 2.23. The number of carbonyl (C=O) groups is 1. The Morgan fingerprint density at radius 1 is 1.48 bits per heavy atom. The van der Waals surface area contributed by atoms with Crippen LogP contribution in [0.2, 0.25) is 0 Å². The van der Waals surface area contributed by atoms with E-state index in [0.29, 0.717) is 25.6 Å². The lowest BCUT2D eigenvalue weighted by Gasteiger charge is -2.31. The molecule has 6 nitrogen and oxygen atoms in total. The Hall–Kier alpha value is -2.02. The molecule has 0 bridgehead atoms. The van der Waals surface area contributed by atoms with Gasteiger partial charge in [0.1, 0.15) is 0 Å². The number of rotatable bonds is 4. The fourth-order valence-electron chi connectivity index (χ4n) is 2.51. The lowest BCUT2D eigenvalue weighted by molar-refractivity contribution is -0.387. The van der Waals surface area contributed by atoms with Crippen LogP contribution >= 0.6 is 0 Å². The van der Waals surface area contributed by atoms with Crippen molar-refractivity contribution in [1.82, 2.24) is 4.90 Å². The van der Waals surface area contributed by atoms with Crippen LogP contribution in [0.25, 0.3) is 0 Å². The fourth-order valence-corrected chi connectivity index (χ4v) is 2.51. The van der Waals surface area contributed by atoms with Gasteiger partial charge in [-0.05, 0) is 30.9 Å². The molecular formula is C14H17FN2O4. The fraction of sp³-hybridized carbons (Fsp3) is 0.500. The van der Waals surface area contributed by atoms with E-state index >= 15 is 0 Å². The molecule has 0 aromatic heterocycles. The number of amides is 1. The third-order valence-corrected chi connectivity index (χ3v) is 3.69. The van der Waals surface area contributed by atoms with E-state index in [1.165, 1.54) is 6.07 Å². The normalized spacial score (nSPS) is 16.0. The largest absolute Gasteiger partial charge is 0.384 e. The second-order valence-electron chi connectivity index (χ2n) is 5.11. The highest BCUT2D eigenvalue weighted by Gasteiger charge is 2.25. The molecule has 114 valence electrons. The molecule has 1 aliphatic heterocycles. The summed E-state index contributed by atoms with van der Waals surface area (Å²) in [5.41, 5.74) is -0.525. The van der Waals surface area contributed by atoms with Gasteiger partial charge < -0.3 is 9.64 Å². The van der Waals surface area contributed by atoms with Crippen molar-refractivity contribution < 1.29 is 18.8 Å². The number of nitrogens with zero attached hydrogens (tertiary/aromatic N) is 2. The van der Waals surface area contributed by atoms with Crippen LogP contribution in [0.15, 0.2) is 18.2 Å². The minimum atomic E-state index is -0.935. The Balaban J connectivity index is 2.07. The smallest absolute Gasteiger partial charge is 0.305 e. The van der Waals surface area contributed by atoms with Crippen LogP contribution in [0.4, 0.5) is 10.1 Å². The molecular weight excluding hydrogens is 279 g/mol. The number of hydrogen-bond acceptors (Lipinski definition) is 4. The van der Waals surface area contributed by atoms with Gasteiger partial charge in [0.2, 0.25) is 5.82 Å². The summed E-state index contributed by atoms with van der Waals surface area (Å²) in [6, 6.07) is 3.24. The summed E-state index contributed by atoms with van der Waals surface area (Å²) < 4.78 is 18.4. The zero-order valence-corrected chi connectivity index (χ0v) is 11.8. The van der Waals surface area contributed by atoms with Crippen molar-refractivity contribution in [1.29, 1.82) is 0 Å². The number of halogens is 1. The monoisotopic (exact) mass is 296 g/mol. The second-order valence-corrected chi connectivity index (χ2v) is 5.11. The maximum absolute atomic E-state index is 13.3. The highest BCUT2D eigenvalue weighted by atomic mass is 19.1. The number of hydrogen-bond donors (Lipinski definition) is 0. The molecule has 0 spiro atoms. The first-order valence-corrected chi connectivity index (χ1v) is 6.75. The molecule has 1 aromatic carbocycles. The number of nitro benzene ring substituents is 1. The van der Waals surface area contributed by atoms with Crippen LogP contribution < -0.4 is 0 Å². The molecule has 0 aliphatic carbocycles. The summed E-state index contributed by atoms with van der Waals surface area (Å²) in [6.45, 7) is 1.83. The van der Waals surface area contributed by atoms with Gasteiger partial charge in [-0.15, -0.1) is 0 Å². The van der Waals surface area contributed by atoms with E-state index in [0.717, 1.165) is 25.0 Å². The minimum Gasteiger partial charge on any atom is -0.384 e. The molecule has 0 atom stereocenters. The number of nitro groups is 1. The van der Waals surface area contributed by atoms with E-state index in [4.69, 9.17) is 4.74 Å². The molecule has 1 heterocycles. The van der Waals surface area contributed by atoms with Crippen molar-refractivity contribution in [2.24, 2.45) is 5.92 Å². The Kier molecular flexibility index (Phi) is 4.85. The second kappa shape index (κ2) is 6.62. The Labute approximate surface area is 121 Å². The lowest BCUT2D eigenvalue weighted by atomic mass is 9.97. The predicted molar refractivity (Wildman–Crippen MR) is 73.6 cm³/mol. The molecule has 21 heavy (non-hydrogen) atoms. The number of benzene rings is 1. The minimum absolute atomic E-state index is 0.147. The van der Waals surface area contributed by atoms with Crippen molar-refractivity contribution in [3.05, 3.63) is 39.7 Å². The standard InChI is InChI=1S/C14H17FN2O4/c1-21-9-10-4-6-16(7-5-10)14(18)11-2-3-12(15)13(8-11)17(19)20/h2-3,8,10H,4-7,9H2,1H3. The third kappa shape index (κ3) is 3.55. The molecule has 1 aromatic rings. The molecule has 1 fully saturated rings. The Morgan fingerprint density at radius 3 is 2.71 bits per heavy atom. The van der Waals surface area contributed by atoms with Gasteiger partial charge in [0, 0.05) is 38.4 Å². The maximum atomic E-state index is 13.3. The van der Waals surface area contributed by atoms with Crippen molar-refractivity contribution in [3.8, 4) is 0 Å². The first-order chi connectivity index (χ1) is 10.0. The summed E-state index contributed by atoms with van der Waals surface area (Å²) in [5.74, 6) is -0.800. The molecule has 1 amide bonds. The third-order valence-electron chi connectivity index (χ3n) is 3.69. The molecule has 7 heteroatoms. The highest BCUT2D eigenvalue weighted by Crippen LogP contribution is 2.22. The van der Waals surface area contributed by atoms with Gasteiger partial charge >= 0.3 is 5.69 Å². The van der Waals surface area contributed by atoms with E-state index in [1.54, 1.807) is 12.0 Å². The van der Waals surface area contributed by atoms with Gasteiger partial charge in [-0.3, -0.25) is 14.9 Å². The average Bonchev–Trinajstić information content (AvgIpc) is 2.48. The number of methoxy groups -OCH3 is 1. The van der Waals surface area contributed by atoms with E-state index in [-0.39, 0.29) is 11.5 Å². The summed E-state index contributed by atoms with van der Waals surface area (Å²) in [5, 5.41) is 10.7.